The van der Waals surface area contributed by atoms with Crippen molar-refractivity contribution in [2.45, 2.75) is 6.42 Å². The number of para-hydroxylation sites is 1. The van der Waals surface area contributed by atoms with Crippen LogP contribution in [0.2, 0.25) is 0 Å². The molecular weight excluding hydrogens is 218 g/mol. The van der Waals surface area contributed by atoms with Gasteiger partial charge in [-0.3, -0.25) is 0 Å². The minimum atomic E-state index is -0.598. The fraction of sp³-hybridized carbons (Fsp3) is 0.231. The molecule has 1 aliphatic heterocycles. The lowest BCUT2D eigenvalue weighted by atomic mass is 9.95. The Hall–Kier alpha value is -2.28. The molecule has 1 aromatic rings. The van der Waals surface area contributed by atoms with Gasteiger partial charge in [-0.15, -0.1) is 0 Å². The average Bonchev–Trinajstić information content (AvgIpc) is 2.39. The highest BCUT2D eigenvalue weighted by molar-refractivity contribution is 6.02. The molecule has 0 saturated carbocycles. The summed E-state index contributed by atoms with van der Waals surface area (Å²) in [5.74, 6) is 0.101. The van der Waals surface area contributed by atoms with Crippen LogP contribution in [-0.2, 0) is 9.53 Å². The van der Waals surface area contributed by atoms with E-state index in [2.05, 4.69) is 4.74 Å². The predicted molar refractivity (Wildman–Crippen MR) is 61.1 cm³/mol. The fourth-order valence-corrected chi connectivity index (χ4v) is 1.84. The molecule has 17 heavy (non-hydrogen) atoms. The summed E-state index contributed by atoms with van der Waals surface area (Å²) in [5, 5.41) is 9.06. The van der Waals surface area contributed by atoms with Crippen LogP contribution in [0.3, 0.4) is 0 Å². The standard InChI is InChI=1S/C13H11NO3/c1-16-13(15)11(8-14)9-6-7-17-12-5-3-2-4-10(9)12/h2-5H,6-7H2,1H3. The van der Waals surface area contributed by atoms with E-state index in [0.29, 0.717) is 24.4 Å². The van der Waals surface area contributed by atoms with Gasteiger partial charge in [0.15, 0.2) is 0 Å². The van der Waals surface area contributed by atoms with E-state index >= 15 is 0 Å². The van der Waals surface area contributed by atoms with Crippen LogP contribution in [0.15, 0.2) is 29.8 Å². The third-order valence-corrected chi connectivity index (χ3v) is 2.62. The smallest absolute Gasteiger partial charge is 0.348 e. The average molecular weight is 229 g/mol. The van der Waals surface area contributed by atoms with E-state index in [1.165, 1.54) is 7.11 Å². The van der Waals surface area contributed by atoms with Gasteiger partial charge in [0.2, 0.25) is 0 Å². The molecule has 0 amide bonds. The van der Waals surface area contributed by atoms with E-state index in [1.54, 1.807) is 0 Å². The zero-order chi connectivity index (χ0) is 12.3. The first-order chi connectivity index (χ1) is 8.27. The Morgan fingerprint density at radius 1 is 1.47 bits per heavy atom. The first-order valence-corrected chi connectivity index (χ1v) is 5.21. The highest BCUT2D eigenvalue weighted by atomic mass is 16.5. The Morgan fingerprint density at radius 3 is 2.94 bits per heavy atom. The van der Waals surface area contributed by atoms with Crippen molar-refractivity contribution in [3.05, 3.63) is 35.4 Å². The Labute approximate surface area is 99.1 Å². The molecule has 0 N–H and O–H groups in total. The molecule has 0 unspecified atom stereocenters. The molecule has 0 aromatic heterocycles. The zero-order valence-corrected chi connectivity index (χ0v) is 9.40. The van der Waals surface area contributed by atoms with Gasteiger partial charge in [-0.1, -0.05) is 18.2 Å². The summed E-state index contributed by atoms with van der Waals surface area (Å²) in [6.45, 7) is 0.467. The minimum Gasteiger partial charge on any atom is -0.493 e. The number of nitriles is 1. The first-order valence-electron chi connectivity index (χ1n) is 5.21. The van der Waals surface area contributed by atoms with Gasteiger partial charge in [0.25, 0.3) is 0 Å². The van der Waals surface area contributed by atoms with Crippen molar-refractivity contribution >= 4 is 11.5 Å². The number of carbonyl (C=O) groups excluding carboxylic acids is 1. The molecule has 4 heteroatoms. The van der Waals surface area contributed by atoms with Crippen LogP contribution in [-0.4, -0.2) is 19.7 Å². The van der Waals surface area contributed by atoms with Crippen LogP contribution in [0, 0.1) is 11.3 Å². The van der Waals surface area contributed by atoms with Crippen LogP contribution in [0.1, 0.15) is 12.0 Å². The van der Waals surface area contributed by atoms with Crippen molar-refractivity contribution in [1.82, 2.24) is 0 Å². The van der Waals surface area contributed by atoms with Gasteiger partial charge in [0.05, 0.1) is 13.7 Å². The number of carbonyl (C=O) groups is 1. The van der Waals surface area contributed by atoms with Gasteiger partial charge in [0, 0.05) is 12.0 Å². The summed E-state index contributed by atoms with van der Waals surface area (Å²) in [5.41, 5.74) is 1.55. The van der Waals surface area contributed by atoms with Crippen LogP contribution in [0.4, 0.5) is 0 Å². The number of hydrogen-bond donors (Lipinski definition) is 0. The number of rotatable bonds is 1. The Kier molecular flexibility index (Phi) is 3.10. The predicted octanol–water partition coefficient (Wildman–Crippen LogP) is 1.92. The Bertz CT molecular complexity index is 526. The van der Waals surface area contributed by atoms with E-state index in [1.807, 2.05) is 30.3 Å². The first kappa shape index (κ1) is 11.2. The number of nitrogens with zero attached hydrogens (tertiary/aromatic N) is 1. The molecule has 0 saturated heterocycles. The number of benzene rings is 1. The van der Waals surface area contributed by atoms with Crippen molar-refractivity contribution in [3.63, 3.8) is 0 Å². The van der Waals surface area contributed by atoms with Crippen molar-refractivity contribution in [2.75, 3.05) is 13.7 Å². The van der Waals surface area contributed by atoms with Crippen LogP contribution in [0.25, 0.3) is 5.57 Å². The van der Waals surface area contributed by atoms with E-state index in [4.69, 9.17) is 10.00 Å². The third kappa shape index (κ3) is 2.00. The van der Waals surface area contributed by atoms with Gasteiger partial charge in [-0.2, -0.15) is 5.26 Å². The van der Waals surface area contributed by atoms with E-state index in [-0.39, 0.29) is 5.57 Å². The van der Waals surface area contributed by atoms with E-state index in [9.17, 15) is 4.79 Å². The molecule has 86 valence electrons. The van der Waals surface area contributed by atoms with Crippen LogP contribution < -0.4 is 4.74 Å². The van der Waals surface area contributed by atoms with Crippen molar-refractivity contribution in [2.24, 2.45) is 0 Å². The maximum atomic E-state index is 11.5. The molecule has 0 atom stereocenters. The Balaban J connectivity index is 2.58. The third-order valence-electron chi connectivity index (χ3n) is 2.62. The minimum absolute atomic E-state index is 0.0586. The lowest BCUT2D eigenvalue weighted by Gasteiger charge is -2.20. The van der Waals surface area contributed by atoms with Gasteiger partial charge < -0.3 is 9.47 Å². The molecular formula is C13H11NO3. The molecule has 0 spiro atoms. The number of esters is 1. The van der Waals surface area contributed by atoms with Gasteiger partial charge in [-0.05, 0) is 11.6 Å². The van der Waals surface area contributed by atoms with E-state index in [0.717, 1.165) is 5.56 Å². The molecule has 0 radical (unpaired) electrons. The van der Waals surface area contributed by atoms with Crippen LogP contribution in [0.5, 0.6) is 5.75 Å². The highest BCUT2D eigenvalue weighted by Crippen LogP contribution is 2.34. The molecule has 0 aliphatic carbocycles. The molecule has 0 fully saturated rings. The zero-order valence-electron chi connectivity index (χ0n) is 9.40. The number of hydrogen-bond acceptors (Lipinski definition) is 4. The lowest BCUT2D eigenvalue weighted by molar-refractivity contribution is -0.135. The van der Waals surface area contributed by atoms with Gasteiger partial charge in [0.1, 0.15) is 17.4 Å². The molecule has 4 nitrogen and oxygen atoms in total. The van der Waals surface area contributed by atoms with Crippen molar-refractivity contribution < 1.29 is 14.3 Å². The topological polar surface area (TPSA) is 59.3 Å². The summed E-state index contributed by atoms with van der Waals surface area (Å²) < 4.78 is 10.1. The van der Waals surface area contributed by atoms with Crippen molar-refractivity contribution in [3.8, 4) is 11.8 Å². The molecule has 1 heterocycles. The van der Waals surface area contributed by atoms with E-state index < -0.39 is 5.97 Å². The highest BCUT2D eigenvalue weighted by Gasteiger charge is 2.22. The quantitative estimate of drug-likeness (QED) is 0.419. The molecule has 0 bridgehead atoms. The summed E-state index contributed by atoms with van der Waals surface area (Å²) >= 11 is 0. The summed E-state index contributed by atoms with van der Waals surface area (Å²) in [7, 11) is 1.27. The maximum Gasteiger partial charge on any atom is 0.348 e. The number of fused-ring (bicyclic) bond motifs is 1. The summed E-state index contributed by atoms with van der Waals surface area (Å²) in [6, 6.07) is 9.27. The molecule has 1 aromatic carbocycles. The normalized spacial score (nSPS) is 16.2. The SMILES string of the molecule is COC(=O)C(C#N)=C1CCOc2ccccc21. The van der Waals surface area contributed by atoms with Gasteiger partial charge in [-0.25, -0.2) is 4.79 Å². The van der Waals surface area contributed by atoms with Gasteiger partial charge >= 0.3 is 5.97 Å². The number of ether oxygens (including phenoxy) is 2. The number of methoxy groups -OCH3 is 1. The molecule has 1 aliphatic rings. The van der Waals surface area contributed by atoms with Crippen LogP contribution >= 0.6 is 0 Å². The summed E-state index contributed by atoms with van der Waals surface area (Å²) in [6.07, 6.45) is 0.537. The largest absolute Gasteiger partial charge is 0.493 e. The van der Waals surface area contributed by atoms with Crippen molar-refractivity contribution in [1.29, 1.82) is 5.26 Å². The Morgan fingerprint density at radius 2 is 2.24 bits per heavy atom. The second-order valence-electron chi connectivity index (χ2n) is 3.55. The fourth-order valence-electron chi connectivity index (χ4n) is 1.84. The lowest BCUT2D eigenvalue weighted by Crippen LogP contribution is -2.13. The molecule has 2 rings (SSSR count). The summed E-state index contributed by atoms with van der Waals surface area (Å²) in [4.78, 5) is 11.5. The maximum absolute atomic E-state index is 11.5. The monoisotopic (exact) mass is 229 g/mol. The second-order valence-corrected chi connectivity index (χ2v) is 3.55. The second kappa shape index (κ2) is 4.71.